The first-order valence-corrected chi connectivity index (χ1v) is 6.10. The number of benzene rings is 1. The molecule has 2 rings (SSSR count). The van der Waals surface area contributed by atoms with Gasteiger partial charge in [-0.25, -0.2) is 4.90 Å². The Kier molecular flexibility index (Phi) is 3.59. The van der Waals surface area contributed by atoms with E-state index in [9.17, 15) is 22.8 Å². The summed E-state index contributed by atoms with van der Waals surface area (Å²) in [7, 11) is 0. The molecule has 0 bridgehead atoms. The Hall–Kier alpha value is -1.83. The lowest BCUT2D eigenvalue weighted by molar-refractivity contribution is -0.274. The Morgan fingerprint density at radius 1 is 1.25 bits per heavy atom. The van der Waals surface area contributed by atoms with E-state index in [1.165, 1.54) is 19.1 Å². The molecular formula is C12H7BrF3NO3. The zero-order chi connectivity index (χ0) is 15.1. The van der Waals surface area contributed by atoms with Crippen molar-refractivity contribution in [1.82, 2.24) is 0 Å². The second-order valence-corrected chi connectivity index (χ2v) is 4.82. The minimum atomic E-state index is -4.82. The van der Waals surface area contributed by atoms with Crippen LogP contribution in [0.4, 0.5) is 18.9 Å². The van der Waals surface area contributed by atoms with E-state index in [-0.39, 0.29) is 15.7 Å². The van der Waals surface area contributed by atoms with Gasteiger partial charge in [0.1, 0.15) is 5.75 Å². The Balaban J connectivity index is 2.31. The van der Waals surface area contributed by atoms with Crippen LogP contribution in [0.2, 0.25) is 0 Å². The van der Waals surface area contributed by atoms with Gasteiger partial charge in [-0.3, -0.25) is 9.59 Å². The van der Waals surface area contributed by atoms with Gasteiger partial charge in [0.2, 0.25) is 0 Å². The molecule has 0 unspecified atom stereocenters. The summed E-state index contributed by atoms with van der Waals surface area (Å²) in [6.45, 7) is 1.48. The molecule has 1 aromatic rings. The minimum Gasteiger partial charge on any atom is -0.405 e. The quantitative estimate of drug-likeness (QED) is 0.770. The molecule has 1 aliphatic rings. The summed E-state index contributed by atoms with van der Waals surface area (Å²) in [6, 6.07) is 3.44. The van der Waals surface area contributed by atoms with Gasteiger partial charge in [-0.1, -0.05) is 0 Å². The largest absolute Gasteiger partial charge is 0.573 e. The maximum absolute atomic E-state index is 12.1. The highest BCUT2D eigenvalue weighted by Crippen LogP contribution is 2.34. The van der Waals surface area contributed by atoms with Crippen LogP contribution in [0.5, 0.6) is 5.75 Å². The average molecular weight is 350 g/mol. The van der Waals surface area contributed by atoms with E-state index in [0.29, 0.717) is 0 Å². The molecule has 0 fully saturated rings. The first-order chi connectivity index (χ1) is 9.19. The van der Waals surface area contributed by atoms with Crippen LogP contribution in [-0.4, -0.2) is 18.2 Å². The first-order valence-electron chi connectivity index (χ1n) is 5.31. The number of rotatable bonds is 2. The molecule has 0 atom stereocenters. The fourth-order valence-electron chi connectivity index (χ4n) is 1.67. The van der Waals surface area contributed by atoms with Crippen molar-refractivity contribution >= 4 is 33.4 Å². The number of carbonyl (C=O) groups is 2. The van der Waals surface area contributed by atoms with Gasteiger partial charge in [0.25, 0.3) is 11.8 Å². The van der Waals surface area contributed by atoms with Crippen LogP contribution in [0.25, 0.3) is 0 Å². The third kappa shape index (κ3) is 2.84. The molecule has 4 nitrogen and oxygen atoms in total. The number of nitrogens with zero attached hydrogens (tertiary/aromatic N) is 1. The molecule has 106 valence electrons. The fraction of sp³-hybridized carbons (Fsp3) is 0.167. The monoisotopic (exact) mass is 349 g/mol. The molecule has 0 aromatic heterocycles. The van der Waals surface area contributed by atoms with Gasteiger partial charge < -0.3 is 4.74 Å². The SMILES string of the molecule is CC1=CC(=O)N(c2ccc(OC(F)(F)F)c(Br)c2)C1=O. The zero-order valence-corrected chi connectivity index (χ0v) is 11.6. The van der Waals surface area contributed by atoms with E-state index in [2.05, 4.69) is 20.7 Å². The van der Waals surface area contributed by atoms with Crippen molar-refractivity contribution in [2.45, 2.75) is 13.3 Å². The maximum atomic E-state index is 12.1. The van der Waals surface area contributed by atoms with Gasteiger partial charge in [-0.2, -0.15) is 0 Å². The van der Waals surface area contributed by atoms with Crippen molar-refractivity contribution in [3.8, 4) is 5.75 Å². The van der Waals surface area contributed by atoms with Crippen LogP contribution in [0.3, 0.4) is 0 Å². The van der Waals surface area contributed by atoms with Crippen molar-refractivity contribution in [2.75, 3.05) is 4.90 Å². The van der Waals surface area contributed by atoms with Crippen molar-refractivity contribution in [1.29, 1.82) is 0 Å². The highest BCUT2D eigenvalue weighted by Gasteiger charge is 2.33. The molecule has 0 aliphatic carbocycles. The number of ether oxygens (including phenoxy) is 1. The third-order valence-corrected chi connectivity index (χ3v) is 3.12. The Bertz CT molecular complexity index is 625. The highest BCUT2D eigenvalue weighted by molar-refractivity contribution is 9.10. The predicted molar refractivity (Wildman–Crippen MR) is 67.1 cm³/mol. The van der Waals surface area contributed by atoms with Gasteiger partial charge in [0.15, 0.2) is 0 Å². The maximum Gasteiger partial charge on any atom is 0.573 e. The van der Waals surface area contributed by atoms with E-state index in [1.807, 2.05) is 0 Å². The molecule has 2 amide bonds. The molecule has 8 heteroatoms. The number of alkyl halides is 3. The summed E-state index contributed by atoms with van der Waals surface area (Å²) < 4.78 is 40.1. The lowest BCUT2D eigenvalue weighted by Crippen LogP contribution is -2.30. The minimum absolute atomic E-state index is 0.0162. The van der Waals surface area contributed by atoms with E-state index >= 15 is 0 Å². The predicted octanol–water partition coefficient (Wildman–Crippen LogP) is 3.17. The van der Waals surface area contributed by atoms with Crippen LogP contribution < -0.4 is 9.64 Å². The van der Waals surface area contributed by atoms with E-state index < -0.39 is 23.9 Å². The molecule has 0 spiro atoms. The molecule has 1 aromatic carbocycles. The lowest BCUT2D eigenvalue weighted by Gasteiger charge is -2.16. The standard InChI is InChI=1S/C12H7BrF3NO3/c1-6-4-10(18)17(11(6)19)7-2-3-9(8(13)5-7)20-12(14,15)16/h2-5H,1H3. The van der Waals surface area contributed by atoms with Gasteiger partial charge in [-0.05, 0) is 41.1 Å². The van der Waals surface area contributed by atoms with Crippen LogP contribution in [-0.2, 0) is 9.59 Å². The van der Waals surface area contributed by atoms with Crippen LogP contribution in [0.1, 0.15) is 6.92 Å². The third-order valence-electron chi connectivity index (χ3n) is 2.50. The highest BCUT2D eigenvalue weighted by atomic mass is 79.9. The number of hydrogen-bond donors (Lipinski definition) is 0. The Labute approximate surface area is 119 Å². The molecule has 0 N–H and O–H groups in total. The second kappa shape index (κ2) is 4.93. The fourth-order valence-corrected chi connectivity index (χ4v) is 2.12. The number of imide groups is 1. The number of halogens is 4. The van der Waals surface area contributed by atoms with Crippen molar-refractivity contribution in [3.63, 3.8) is 0 Å². The van der Waals surface area contributed by atoms with Gasteiger partial charge >= 0.3 is 6.36 Å². The summed E-state index contributed by atoms with van der Waals surface area (Å²) in [4.78, 5) is 24.2. The summed E-state index contributed by atoms with van der Waals surface area (Å²) in [6.07, 6.45) is -3.65. The van der Waals surface area contributed by atoms with Gasteiger partial charge in [0.05, 0.1) is 10.2 Å². The van der Waals surface area contributed by atoms with E-state index in [0.717, 1.165) is 17.0 Å². The summed E-state index contributed by atoms with van der Waals surface area (Å²) in [5.41, 5.74) is 0.427. The van der Waals surface area contributed by atoms with Crippen molar-refractivity contribution in [3.05, 3.63) is 34.3 Å². The van der Waals surface area contributed by atoms with Gasteiger partial charge in [-0.15, -0.1) is 13.2 Å². The zero-order valence-electron chi connectivity index (χ0n) is 9.99. The molecular weight excluding hydrogens is 343 g/mol. The Morgan fingerprint density at radius 3 is 2.35 bits per heavy atom. The van der Waals surface area contributed by atoms with Crippen LogP contribution >= 0.6 is 15.9 Å². The van der Waals surface area contributed by atoms with E-state index in [4.69, 9.17) is 0 Å². The van der Waals surface area contributed by atoms with Crippen molar-refractivity contribution < 1.29 is 27.5 Å². The lowest BCUT2D eigenvalue weighted by atomic mass is 10.2. The smallest absolute Gasteiger partial charge is 0.405 e. The summed E-state index contributed by atoms with van der Waals surface area (Å²) in [5.74, 6) is -1.50. The second-order valence-electron chi connectivity index (χ2n) is 3.97. The van der Waals surface area contributed by atoms with Crippen molar-refractivity contribution in [2.24, 2.45) is 0 Å². The number of hydrogen-bond acceptors (Lipinski definition) is 3. The molecule has 1 heterocycles. The topological polar surface area (TPSA) is 46.6 Å². The Morgan fingerprint density at radius 2 is 1.90 bits per heavy atom. The van der Waals surface area contributed by atoms with E-state index in [1.54, 1.807) is 0 Å². The summed E-state index contributed by atoms with van der Waals surface area (Å²) >= 11 is 2.91. The molecule has 0 radical (unpaired) electrons. The number of amides is 2. The number of carbonyl (C=O) groups excluding carboxylic acids is 2. The van der Waals surface area contributed by atoms with Crippen LogP contribution in [0, 0.1) is 0 Å². The molecule has 0 saturated heterocycles. The normalized spacial score (nSPS) is 15.7. The van der Waals surface area contributed by atoms with Crippen LogP contribution in [0.15, 0.2) is 34.3 Å². The molecule has 20 heavy (non-hydrogen) atoms. The first kappa shape index (κ1) is 14.6. The number of anilines is 1. The molecule has 0 saturated carbocycles. The molecule has 1 aliphatic heterocycles. The van der Waals surface area contributed by atoms with Gasteiger partial charge in [0, 0.05) is 11.6 Å². The summed E-state index contributed by atoms with van der Waals surface area (Å²) in [5, 5.41) is 0. The average Bonchev–Trinajstić information content (AvgIpc) is 2.55.